The van der Waals surface area contributed by atoms with Gasteiger partial charge < -0.3 is 9.64 Å². The Morgan fingerprint density at radius 3 is 2.76 bits per heavy atom. The molecule has 8 heteroatoms. The number of carbonyl (C=O) groups excluding carboxylic acids is 1. The molecule has 2 aliphatic carbocycles. The van der Waals surface area contributed by atoms with Gasteiger partial charge >= 0.3 is 0 Å². The van der Waals surface area contributed by atoms with E-state index in [0.29, 0.717) is 6.42 Å². The highest BCUT2D eigenvalue weighted by Crippen LogP contribution is 2.47. The first-order valence-electron chi connectivity index (χ1n) is 10.8. The molecule has 1 saturated carbocycles. The minimum absolute atomic E-state index is 0.0855. The SMILES string of the molecule is O=C(C[C@H]1CCc2sc3ncnc(OC4CCC(N5CCCC5)CC4)c3c21)NI. The average molecular weight is 526 g/mol. The van der Waals surface area contributed by atoms with E-state index in [1.807, 2.05) is 22.9 Å². The van der Waals surface area contributed by atoms with Crippen molar-refractivity contribution in [2.75, 3.05) is 13.1 Å². The second-order valence-electron chi connectivity index (χ2n) is 8.55. The summed E-state index contributed by atoms with van der Waals surface area (Å²) in [4.78, 5) is 26.1. The van der Waals surface area contributed by atoms with Crippen LogP contribution in [0, 0.1) is 0 Å². The fourth-order valence-corrected chi connectivity index (χ4v) is 6.84. The van der Waals surface area contributed by atoms with Crippen LogP contribution in [0.5, 0.6) is 5.88 Å². The van der Waals surface area contributed by atoms with Crippen LogP contribution >= 0.6 is 34.2 Å². The van der Waals surface area contributed by atoms with Crippen LogP contribution in [0.2, 0.25) is 0 Å². The summed E-state index contributed by atoms with van der Waals surface area (Å²) in [6.45, 7) is 2.55. The first-order valence-corrected chi connectivity index (χ1v) is 12.7. The maximum Gasteiger partial charge on any atom is 0.229 e. The van der Waals surface area contributed by atoms with Crippen LogP contribution in [0.25, 0.3) is 10.2 Å². The summed E-state index contributed by atoms with van der Waals surface area (Å²) in [5.41, 5.74) is 1.27. The monoisotopic (exact) mass is 526 g/mol. The molecule has 0 unspecified atom stereocenters. The predicted octanol–water partition coefficient (Wildman–Crippen LogP) is 4.36. The third kappa shape index (κ3) is 3.99. The van der Waals surface area contributed by atoms with Gasteiger partial charge in [0, 0.05) is 17.3 Å². The van der Waals surface area contributed by atoms with Crippen LogP contribution in [0.3, 0.4) is 0 Å². The Labute approximate surface area is 189 Å². The van der Waals surface area contributed by atoms with Gasteiger partial charge in [0.05, 0.1) is 28.3 Å². The van der Waals surface area contributed by atoms with Gasteiger partial charge in [-0.05, 0) is 75.9 Å². The first kappa shape index (κ1) is 19.9. The maximum absolute atomic E-state index is 12.0. The molecule has 1 atom stereocenters. The van der Waals surface area contributed by atoms with Crippen LogP contribution in [-0.4, -0.2) is 46.0 Å². The number of aryl methyl sites for hydroxylation is 1. The Morgan fingerprint density at radius 1 is 1.21 bits per heavy atom. The highest BCUT2D eigenvalue weighted by molar-refractivity contribution is 14.1. The van der Waals surface area contributed by atoms with Crippen molar-refractivity contribution in [1.82, 2.24) is 18.4 Å². The number of amides is 1. The largest absolute Gasteiger partial charge is 0.474 e. The normalized spacial score (nSPS) is 27.3. The lowest BCUT2D eigenvalue weighted by atomic mass is 9.92. The molecule has 156 valence electrons. The lowest BCUT2D eigenvalue weighted by Crippen LogP contribution is -2.38. The number of nitrogens with zero attached hydrogens (tertiary/aromatic N) is 3. The van der Waals surface area contributed by atoms with Crippen LogP contribution < -0.4 is 8.27 Å². The molecule has 5 rings (SSSR count). The smallest absolute Gasteiger partial charge is 0.229 e. The zero-order valence-electron chi connectivity index (χ0n) is 16.5. The van der Waals surface area contributed by atoms with E-state index in [4.69, 9.17) is 4.74 Å². The minimum atomic E-state index is 0.0855. The zero-order valence-corrected chi connectivity index (χ0v) is 19.5. The molecule has 0 spiro atoms. The fraction of sp³-hybridized carbons (Fsp3) is 0.667. The van der Waals surface area contributed by atoms with Crippen LogP contribution in [0.4, 0.5) is 0 Å². The van der Waals surface area contributed by atoms with Crippen molar-refractivity contribution < 1.29 is 9.53 Å². The molecule has 2 fully saturated rings. The standard InChI is InChI=1S/C21H27IN4O2S/c22-25-17(27)11-13-3-8-16-18(13)19-20(23-12-24-21(19)29-16)28-15-6-4-14(5-7-15)26-9-1-2-10-26/h12-15H,1-11H2,(H,25,27)/t13-,14?,15?/m1/s1. The summed E-state index contributed by atoms with van der Waals surface area (Å²) in [6, 6.07) is 0.740. The van der Waals surface area contributed by atoms with Crippen molar-refractivity contribution >= 4 is 50.3 Å². The molecule has 2 aromatic rings. The van der Waals surface area contributed by atoms with Crippen molar-refractivity contribution in [3.8, 4) is 5.88 Å². The van der Waals surface area contributed by atoms with Crippen molar-refractivity contribution in [3.63, 3.8) is 0 Å². The van der Waals surface area contributed by atoms with Gasteiger partial charge in [-0.15, -0.1) is 11.3 Å². The Balaban J connectivity index is 1.34. The Kier molecular flexibility index (Phi) is 5.93. The molecule has 2 aromatic heterocycles. The number of likely N-dealkylation sites (tertiary alicyclic amines) is 1. The second-order valence-corrected chi connectivity index (χ2v) is 10.2. The van der Waals surface area contributed by atoms with Gasteiger partial charge in [0.15, 0.2) is 0 Å². The van der Waals surface area contributed by atoms with E-state index in [9.17, 15) is 4.79 Å². The minimum Gasteiger partial charge on any atom is -0.474 e. The summed E-state index contributed by atoms with van der Waals surface area (Å²) in [5, 5.41) is 1.07. The zero-order chi connectivity index (χ0) is 19.8. The van der Waals surface area contributed by atoms with Gasteiger partial charge in [-0.25, -0.2) is 9.97 Å². The Hall–Kier alpha value is -1.00. The topological polar surface area (TPSA) is 67.3 Å². The summed E-state index contributed by atoms with van der Waals surface area (Å²) in [5.74, 6) is 1.06. The number of ether oxygens (including phenoxy) is 1. The van der Waals surface area contributed by atoms with Crippen LogP contribution in [-0.2, 0) is 11.2 Å². The highest BCUT2D eigenvalue weighted by atomic mass is 127. The number of hydrogen-bond acceptors (Lipinski definition) is 6. The fourth-order valence-electron chi connectivity index (χ4n) is 5.39. The van der Waals surface area contributed by atoms with E-state index in [1.165, 1.54) is 49.2 Å². The number of carbonyl (C=O) groups is 1. The van der Waals surface area contributed by atoms with Gasteiger partial charge in [-0.2, -0.15) is 0 Å². The number of hydrogen-bond donors (Lipinski definition) is 1. The summed E-state index contributed by atoms with van der Waals surface area (Å²) in [6.07, 6.45) is 11.8. The molecule has 1 aliphatic heterocycles. The van der Waals surface area contributed by atoms with Gasteiger partial charge in [0.1, 0.15) is 17.3 Å². The molecular formula is C21H27IN4O2S. The molecule has 6 nitrogen and oxygen atoms in total. The maximum atomic E-state index is 12.0. The predicted molar refractivity (Wildman–Crippen MR) is 123 cm³/mol. The molecule has 3 heterocycles. The van der Waals surface area contributed by atoms with Crippen LogP contribution in [0.1, 0.15) is 67.7 Å². The molecule has 0 aromatic carbocycles. The number of rotatable bonds is 5. The molecule has 1 amide bonds. The summed E-state index contributed by atoms with van der Waals surface area (Å²) in [7, 11) is 0. The Bertz CT molecular complexity index is 890. The number of thiophene rings is 1. The van der Waals surface area contributed by atoms with Crippen molar-refractivity contribution in [3.05, 3.63) is 16.8 Å². The number of aromatic nitrogens is 2. The van der Waals surface area contributed by atoms with Gasteiger partial charge in [0.25, 0.3) is 0 Å². The van der Waals surface area contributed by atoms with Gasteiger partial charge in [0.2, 0.25) is 11.8 Å². The van der Waals surface area contributed by atoms with E-state index in [1.54, 1.807) is 17.7 Å². The van der Waals surface area contributed by atoms with Crippen LogP contribution in [0.15, 0.2) is 6.33 Å². The lowest BCUT2D eigenvalue weighted by molar-refractivity contribution is -0.119. The quantitative estimate of drug-likeness (QED) is 0.463. The Morgan fingerprint density at radius 2 is 2.00 bits per heavy atom. The van der Waals surface area contributed by atoms with E-state index < -0.39 is 0 Å². The molecule has 1 N–H and O–H groups in total. The van der Waals surface area contributed by atoms with E-state index in [2.05, 4.69) is 18.4 Å². The van der Waals surface area contributed by atoms with Crippen molar-refractivity contribution in [2.24, 2.45) is 0 Å². The molecule has 0 bridgehead atoms. The van der Waals surface area contributed by atoms with E-state index >= 15 is 0 Å². The van der Waals surface area contributed by atoms with E-state index in [-0.39, 0.29) is 17.9 Å². The molecule has 3 aliphatic rings. The highest BCUT2D eigenvalue weighted by Gasteiger charge is 2.33. The number of fused-ring (bicyclic) bond motifs is 3. The molecule has 1 saturated heterocycles. The molecule has 29 heavy (non-hydrogen) atoms. The second kappa shape index (κ2) is 8.63. The third-order valence-electron chi connectivity index (χ3n) is 6.81. The molecular weight excluding hydrogens is 499 g/mol. The third-order valence-corrected chi connectivity index (χ3v) is 8.59. The first-order chi connectivity index (χ1) is 14.2. The number of nitrogens with one attached hydrogen (secondary N) is 1. The van der Waals surface area contributed by atoms with E-state index in [0.717, 1.165) is 47.8 Å². The lowest BCUT2D eigenvalue weighted by Gasteiger charge is -2.34. The molecule has 0 radical (unpaired) electrons. The van der Waals surface area contributed by atoms with Crippen molar-refractivity contribution in [2.45, 2.75) is 75.9 Å². The van der Waals surface area contributed by atoms with Crippen molar-refractivity contribution in [1.29, 1.82) is 0 Å². The number of halogens is 1. The van der Waals surface area contributed by atoms with Gasteiger partial charge in [-0.1, -0.05) is 0 Å². The summed E-state index contributed by atoms with van der Waals surface area (Å²) >= 11 is 3.67. The average Bonchev–Trinajstić information content (AvgIpc) is 3.46. The van der Waals surface area contributed by atoms with Gasteiger partial charge in [-0.3, -0.25) is 8.32 Å². The summed E-state index contributed by atoms with van der Waals surface area (Å²) < 4.78 is 9.22.